The maximum absolute atomic E-state index is 8.68. The minimum Gasteiger partial charge on any atom is -0.396 e. The van der Waals surface area contributed by atoms with Crippen molar-refractivity contribution < 1.29 is 5.11 Å². The van der Waals surface area contributed by atoms with Gasteiger partial charge in [0.15, 0.2) is 0 Å². The van der Waals surface area contributed by atoms with Gasteiger partial charge in [-0.25, -0.2) is 0 Å². The van der Waals surface area contributed by atoms with Crippen molar-refractivity contribution in [3.8, 4) is 0 Å². The predicted molar refractivity (Wildman–Crippen MR) is 73.9 cm³/mol. The van der Waals surface area contributed by atoms with Gasteiger partial charge in [0.05, 0.1) is 0 Å². The first kappa shape index (κ1) is 14.2. The Balaban J connectivity index is 2.31. The molecule has 1 aliphatic rings. The van der Waals surface area contributed by atoms with Gasteiger partial charge in [-0.1, -0.05) is 37.8 Å². The number of aliphatic hydroxyl groups is 1. The van der Waals surface area contributed by atoms with Gasteiger partial charge in [-0.05, 0) is 49.8 Å². The SMILES string of the molecule is C=CC1=CCC(C)C(CCNCCCO)C=C1. The Labute approximate surface area is 105 Å². The van der Waals surface area contributed by atoms with Crippen molar-refractivity contribution in [3.05, 3.63) is 36.5 Å². The molecule has 1 rings (SSSR count). The van der Waals surface area contributed by atoms with Crippen molar-refractivity contribution in [2.24, 2.45) is 11.8 Å². The molecule has 0 saturated carbocycles. The summed E-state index contributed by atoms with van der Waals surface area (Å²) >= 11 is 0. The van der Waals surface area contributed by atoms with Gasteiger partial charge in [-0.3, -0.25) is 0 Å². The third-order valence-corrected chi connectivity index (χ3v) is 3.39. The molecule has 0 heterocycles. The first-order chi connectivity index (χ1) is 8.27. The molecular formula is C15H25NO. The smallest absolute Gasteiger partial charge is 0.0443 e. The van der Waals surface area contributed by atoms with E-state index in [0.29, 0.717) is 11.8 Å². The molecule has 0 fully saturated rings. The van der Waals surface area contributed by atoms with Crippen molar-refractivity contribution in [1.29, 1.82) is 0 Å². The monoisotopic (exact) mass is 235 g/mol. The van der Waals surface area contributed by atoms with Crippen LogP contribution in [0.1, 0.15) is 26.2 Å². The number of hydrogen-bond donors (Lipinski definition) is 2. The number of allylic oxidation sites excluding steroid dienone is 5. The van der Waals surface area contributed by atoms with Crippen LogP contribution in [0.25, 0.3) is 0 Å². The van der Waals surface area contributed by atoms with Crippen LogP contribution in [-0.4, -0.2) is 24.8 Å². The standard InChI is InChI=1S/C15H25NO/c1-3-14-6-5-13(2)15(8-7-14)9-11-16-10-4-12-17/h3,6-8,13,15-17H,1,4-5,9-12H2,2H3. The molecule has 2 nitrogen and oxygen atoms in total. The van der Waals surface area contributed by atoms with Crippen molar-refractivity contribution >= 4 is 0 Å². The Kier molecular flexibility index (Phi) is 6.90. The van der Waals surface area contributed by atoms with Crippen LogP contribution in [0.15, 0.2) is 36.5 Å². The molecule has 0 amide bonds. The molecule has 2 heteroatoms. The summed E-state index contributed by atoms with van der Waals surface area (Å²) in [5, 5.41) is 12.1. The van der Waals surface area contributed by atoms with Crippen molar-refractivity contribution in [1.82, 2.24) is 5.32 Å². The first-order valence-corrected chi connectivity index (χ1v) is 6.60. The highest BCUT2D eigenvalue weighted by Crippen LogP contribution is 2.25. The van der Waals surface area contributed by atoms with Crippen molar-refractivity contribution in [2.45, 2.75) is 26.2 Å². The van der Waals surface area contributed by atoms with Gasteiger partial charge in [-0.2, -0.15) is 0 Å². The summed E-state index contributed by atoms with van der Waals surface area (Å²) in [6.45, 7) is 8.35. The second-order valence-corrected chi connectivity index (χ2v) is 4.76. The second-order valence-electron chi connectivity index (χ2n) is 4.76. The van der Waals surface area contributed by atoms with E-state index in [1.165, 1.54) is 12.0 Å². The minimum atomic E-state index is 0.277. The molecule has 17 heavy (non-hydrogen) atoms. The molecule has 0 aromatic rings. The highest BCUT2D eigenvalue weighted by molar-refractivity contribution is 5.30. The van der Waals surface area contributed by atoms with E-state index in [1.54, 1.807) is 0 Å². The van der Waals surface area contributed by atoms with Crippen molar-refractivity contribution in [2.75, 3.05) is 19.7 Å². The molecule has 0 radical (unpaired) electrons. The fraction of sp³-hybridized carbons (Fsp3) is 0.600. The average Bonchev–Trinajstić information content (AvgIpc) is 2.52. The van der Waals surface area contributed by atoms with Gasteiger partial charge < -0.3 is 10.4 Å². The van der Waals surface area contributed by atoms with Crippen LogP contribution in [0, 0.1) is 11.8 Å². The maximum atomic E-state index is 8.68. The fourth-order valence-corrected chi connectivity index (χ4v) is 2.12. The lowest BCUT2D eigenvalue weighted by molar-refractivity contribution is 0.285. The van der Waals surface area contributed by atoms with Gasteiger partial charge in [-0.15, -0.1) is 0 Å². The van der Waals surface area contributed by atoms with Crippen LogP contribution < -0.4 is 5.32 Å². The number of rotatable bonds is 7. The van der Waals surface area contributed by atoms with Gasteiger partial charge in [0.2, 0.25) is 0 Å². The van der Waals surface area contributed by atoms with E-state index in [2.05, 4.69) is 37.0 Å². The summed E-state index contributed by atoms with van der Waals surface area (Å²) in [5.41, 5.74) is 1.24. The van der Waals surface area contributed by atoms with Gasteiger partial charge in [0.1, 0.15) is 0 Å². The zero-order chi connectivity index (χ0) is 12.5. The Hall–Kier alpha value is -0.860. The van der Waals surface area contributed by atoms with E-state index in [4.69, 9.17) is 5.11 Å². The molecule has 0 spiro atoms. The van der Waals surface area contributed by atoms with Crippen LogP contribution in [-0.2, 0) is 0 Å². The van der Waals surface area contributed by atoms with E-state index in [9.17, 15) is 0 Å². The largest absolute Gasteiger partial charge is 0.396 e. The number of hydrogen-bond acceptors (Lipinski definition) is 2. The number of nitrogens with one attached hydrogen (secondary N) is 1. The van der Waals surface area contributed by atoms with Gasteiger partial charge >= 0.3 is 0 Å². The Morgan fingerprint density at radius 2 is 2.35 bits per heavy atom. The molecule has 0 aromatic heterocycles. The highest BCUT2D eigenvalue weighted by atomic mass is 16.3. The lowest BCUT2D eigenvalue weighted by Gasteiger charge is -2.18. The zero-order valence-corrected chi connectivity index (χ0v) is 10.9. The lowest BCUT2D eigenvalue weighted by atomic mass is 9.89. The number of aliphatic hydroxyl groups excluding tert-OH is 1. The summed E-state index contributed by atoms with van der Waals surface area (Å²) in [6.07, 6.45) is 11.8. The highest BCUT2D eigenvalue weighted by Gasteiger charge is 2.15. The maximum Gasteiger partial charge on any atom is 0.0443 e. The third kappa shape index (κ3) is 5.33. The van der Waals surface area contributed by atoms with Gasteiger partial charge in [0.25, 0.3) is 0 Å². The van der Waals surface area contributed by atoms with Crippen molar-refractivity contribution in [3.63, 3.8) is 0 Å². The van der Waals surface area contributed by atoms with Crippen LogP contribution in [0.3, 0.4) is 0 Å². The zero-order valence-electron chi connectivity index (χ0n) is 10.9. The molecule has 2 N–H and O–H groups in total. The van der Waals surface area contributed by atoms with Crippen LogP contribution in [0.5, 0.6) is 0 Å². The topological polar surface area (TPSA) is 32.3 Å². The normalized spacial score (nSPS) is 24.2. The molecule has 0 saturated heterocycles. The van der Waals surface area contributed by atoms with E-state index in [-0.39, 0.29) is 6.61 Å². The molecule has 0 aliphatic heterocycles. The predicted octanol–water partition coefficient (Wildman–Crippen LogP) is 2.67. The summed E-state index contributed by atoms with van der Waals surface area (Å²) in [7, 11) is 0. The van der Waals surface area contributed by atoms with E-state index < -0.39 is 0 Å². The summed E-state index contributed by atoms with van der Waals surface area (Å²) in [5.74, 6) is 1.34. The summed E-state index contributed by atoms with van der Waals surface area (Å²) in [6, 6.07) is 0. The summed E-state index contributed by atoms with van der Waals surface area (Å²) in [4.78, 5) is 0. The molecule has 0 bridgehead atoms. The lowest BCUT2D eigenvalue weighted by Crippen LogP contribution is -2.21. The molecule has 96 valence electrons. The molecule has 2 unspecified atom stereocenters. The average molecular weight is 235 g/mol. The fourth-order valence-electron chi connectivity index (χ4n) is 2.12. The first-order valence-electron chi connectivity index (χ1n) is 6.60. The Morgan fingerprint density at radius 3 is 3.06 bits per heavy atom. The van der Waals surface area contributed by atoms with E-state index in [0.717, 1.165) is 25.9 Å². The third-order valence-electron chi connectivity index (χ3n) is 3.39. The molecular weight excluding hydrogens is 210 g/mol. The quantitative estimate of drug-likeness (QED) is 0.665. The van der Waals surface area contributed by atoms with Crippen LogP contribution in [0.4, 0.5) is 0 Å². The van der Waals surface area contributed by atoms with Crippen LogP contribution in [0.2, 0.25) is 0 Å². The van der Waals surface area contributed by atoms with E-state index in [1.807, 2.05) is 6.08 Å². The Morgan fingerprint density at radius 1 is 1.53 bits per heavy atom. The van der Waals surface area contributed by atoms with E-state index >= 15 is 0 Å². The second kappa shape index (κ2) is 8.26. The van der Waals surface area contributed by atoms with Crippen LogP contribution >= 0.6 is 0 Å². The molecule has 0 aromatic carbocycles. The van der Waals surface area contributed by atoms with Gasteiger partial charge in [0, 0.05) is 6.61 Å². The Bertz CT molecular complexity index is 281. The summed E-state index contributed by atoms with van der Waals surface area (Å²) < 4.78 is 0. The molecule has 2 atom stereocenters. The minimum absolute atomic E-state index is 0.277. The molecule has 1 aliphatic carbocycles.